The van der Waals surface area contributed by atoms with E-state index in [0.29, 0.717) is 24.0 Å². The van der Waals surface area contributed by atoms with E-state index >= 15 is 0 Å². The van der Waals surface area contributed by atoms with E-state index in [-0.39, 0.29) is 11.6 Å². The normalized spacial score (nSPS) is 10.7. The van der Waals surface area contributed by atoms with Crippen LogP contribution in [0.3, 0.4) is 0 Å². The largest absolute Gasteiger partial charge is 0.294 e. The Kier molecular flexibility index (Phi) is 4.10. The molecular weight excluding hydrogens is 261 g/mol. The molecule has 0 bridgehead atoms. The van der Waals surface area contributed by atoms with Gasteiger partial charge in [0.15, 0.2) is 5.78 Å². The highest BCUT2D eigenvalue weighted by molar-refractivity contribution is 7.11. The van der Waals surface area contributed by atoms with Gasteiger partial charge in [-0.1, -0.05) is 0 Å². The molecule has 0 atom stereocenters. The topological polar surface area (TPSA) is 30.0 Å². The van der Waals surface area contributed by atoms with Crippen molar-refractivity contribution in [3.63, 3.8) is 0 Å². The van der Waals surface area contributed by atoms with Crippen molar-refractivity contribution in [3.8, 4) is 0 Å². The van der Waals surface area contributed by atoms with E-state index in [0.717, 1.165) is 10.7 Å². The van der Waals surface area contributed by atoms with E-state index in [4.69, 9.17) is 0 Å². The third kappa shape index (κ3) is 3.26. The van der Waals surface area contributed by atoms with E-state index in [1.54, 1.807) is 30.4 Å². The van der Waals surface area contributed by atoms with Gasteiger partial charge in [-0.15, -0.1) is 11.3 Å². The Balaban J connectivity index is 2.03. The van der Waals surface area contributed by atoms with Crippen molar-refractivity contribution in [1.82, 2.24) is 4.98 Å². The second kappa shape index (κ2) is 5.61. The lowest BCUT2D eigenvalue weighted by molar-refractivity contribution is 0.0982. The molecule has 1 aromatic carbocycles. The molecule has 0 unspecified atom stereocenters. The van der Waals surface area contributed by atoms with Crippen molar-refractivity contribution in [2.24, 2.45) is 0 Å². The summed E-state index contributed by atoms with van der Waals surface area (Å²) in [5, 5.41) is 0.988. The number of halogens is 1. The number of aryl methyl sites for hydroxylation is 4. The van der Waals surface area contributed by atoms with Crippen LogP contribution in [-0.4, -0.2) is 10.8 Å². The zero-order valence-electron chi connectivity index (χ0n) is 11.3. The number of carbonyl (C=O) groups is 1. The molecule has 0 aliphatic heterocycles. The van der Waals surface area contributed by atoms with E-state index in [9.17, 15) is 9.18 Å². The van der Waals surface area contributed by atoms with Crippen LogP contribution in [0.1, 0.15) is 37.9 Å². The molecule has 2 nitrogen and oxygen atoms in total. The van der Waals surface area contributed by atoms with Crippen molar-refractivity contribution in [2.75, 3.05) is 0 Å². The van der Waals surface area contributed by atoms with Gasteiger partial charge < -0.3 is 0 Å². The molecule has 2 rings (SSSR count). The van der Waals surface area contributed by atoms with Crippen LogP contribution in [0.15, 0.2) is 18.2 Å². The molecule has 0 N–H and O–H groups in total. The molecule has 0 fully saturated rings. The van der Waals surface area contributed by atoms with Crippen molar-refractivity contribution < 1.29 is 9.18 Å². The number of nitrogens with zero attached hydrogens (tertiary/aromatic N) is 1. The fraction of sp³-hybridized carbons (Fsp3) is 0.333. The van der Waals surface area contributed by atoms with Crippen LogP contribution in [-0.2, 0) is 6.42 Å². The molecule has 0 aliphatic rings. The van der Waals surface area contributed by atoms with Gasteiger partial charge in [0.25, 0.3) is 0 Å². The van der Waals surface area contributed by atoms with Crippen molar-refractivity contribution in [3.05, 3.63) is 50.7 Å². The predicted molar refractivity (Wildman–Crippen MR) is 75.4 cm³/mol. The molecule has 0 aliphatic carbocycles. The van der Waals surface area contributed by atoms with Gasteiger partial charge in [0, 0.05) is 23.3 Å². The van der Waals surface area contributed by atoms with Crippen molar-refractivity contribution in [2.45, 2.75) is 33.6 Å². The molecule has 1 heterocycles. The highest BCUT2D eigenvalue weighted by Crippen LogP contribution is 2.19. The number of rotatable bonds is 4. The Morgan fingerprint density at radius 3 is 2.63 bits per heavy atom. The summed E-state index contributed by atoms with van der Waals surface area (Å²) in [4.78, 5) is 17.6. The standard InChI is InChI=1S/C15H16FNOS/c1-9-8-12(4-5-13(9)16)14(18)6-7-15-17-10(2)11(3)19-15/h4-5,8H,6-7H2,1-3H3. The van der Waals surface area contributed by atoms with E-state index in [2.05, 4.69) is 4.98 Å². The van der Waals surface area contributed by atoms with Crippen molar-refractivity contribution in [1.29, 1.82) is 0 Å². The molecule has 0 radical (unpaired) electrons. The second-order valence-corrected chi connectivity index (χ2v) is 5.92. The number of thiazole rings is 1. The number of hydrogen-bond donors (Lipinski definition) is 0. The third-order valence-corrected chi connectivity index (χ3v) is 4.25. The van der Waals surface area contributed by atoms with Crippen LogP contribution >= 0.6 is 11.3 Å². The monoisotopic (exact) mass is 277 g/mol. The van der Waals surface area contributed by atoms with Crippen LogP contribution in [0.2, 0.25) is 0 Å². The van der Waals surface area contributed by atoms with Gasteiger partial charge >= 0.3 is 0 Å². The quantitative estimate of drug-likeness (QED) is 0.790. The summed E-state index contributed by atoms with van der Waals surface area (Å²) in [6.45, 7) is 5.67. The first-order valence-corrected chi connectivity index (χ1v) is 7.01. The number of Topliss-reactive ketones (excluding diaryl/α,β-unsaturated/α-hetero) is 1. The Hall–Kier alpha value is -1.55. The molecule has 100 valence electrons. The molecule has 0 saturated heterocycles. The van der Waals surface area contributed by atoms with Crippen LogP contribution in [0.4, 0.5) is 4.39 Å². The minimum Gasteiger partial charge on any atom is -0.294 e. The van der Waals surface area contributed by atoms with Crippen LogP contribution in [0, 0.1) is 26.6 Å². The average Bonchev–Trinajstić information content (AvgIpc) is 2.69. The minimum absolute atomic E-state index is 0.0357. The zero-order chi connectivity index (χ0) is 14.0. The fourth-order valence-corrected chi connectivity index (χ4v) is 2.76. The van der Waals surface area contributed by atoms with Gasteiger partial charge in [-0.3, -0.25) is 4.79 Å². The first-order chi connectivity index (χ1) is 8.97. The highest BCUT2D eigenvalue weighted by Gasteiger charge is 2.10. The molecule has 1 aromatic heterocycles. The number of benzene rings is 1. The molecule has 19 heavy (non-hydrogen) atoms. The number of carbonyl (C=O) groups excluding carboxylic acids is 1. The molecule has 4 heteroatoms. The van der Waals surface area contributed by atoms with Gasteiger partial charge in [-0.05, 0) is 44.5 Å². The molecular formula is C15H16FNOS. The van der Waals surface area contributed by atoms with Gasteiger partial charge in [-0.2, -0.15) is 0 Å². The molecule has 2 aromatic rings. The summed E-state index contributed by atoms with van der Waals surface area (Å²) in [6, 6.07) is 4.50. The maximum Gasteiger partial charge on any atom is 0.163 e. The first kappa shape index (κ1) is 13.9. The zero-order valence-corrected chi connectivity index (χ0v) is 12.1. The molecule has 0 spiro atoms. The lowest BCUT2D eigenvalue weighted by atomic mass is 10.0. The van der Waals surface area contributed by atoms with E-state index in [1.807, 2.05) is 13.8 Å². The van der Waals surface area contributed by atoms with Crippen LogP contribution in [0.5, 0.6) is 0 Å². The van der Waals surface area contributed by atoms with Gasteiger partial charge in [0.1, 0.15) is 5.82 Å². The maximum absolute atomic E-state index is 13.1. The third-order valence-electron chi connectivity index (χ3n) is 3.12. The summed E-state index contributed by atoms with van der Waals surface area (Å²) in [5.41, 5.74) is 2.11. The Morgan fingerprint density at radius 1 is 1.32 bits per heavy atom. The lowest BCUT2D eigenvalue weighted by Crippen LogP contribution is -2.02. The average molecular weight is 277 g/mol. The molecule has 0 saturated carbocycles. The summed E-state index contributed by atoms with van der Waals surface area (Å²) in [5.74, 6) is -0.240. The smallest absolute Gasteiger partial charge is 0.163 e. The maximum atomic E-state index is 13.1. The second-order valence-electron chi connectivity index (χ2n) is 4.64. The van der Waals surface area contributed by atoms with E-state index < -0.39 is 0 Å². The Bertz CT molecular complexity index is 599. The summed E-state index contributed by atoms with van der Waals surface area (Å²) in [6.07, 6.45) is 1.06. The first-order valence-electron chi connectivity index (χ1n) is 6.19. The fourth-order valence-electron chi connectivity index (χ4n) is 1.83. The SMILES string of the molecule is Cc1cc(C(=O)CCc2nc(C)c(C)s2)ccc1F. The summed E-state index contributed by atoms with van der Waals surface area (Å²) < 4.78 is 13.1. The Morgan fingerprint density at radius 2 is 2.05 bits per heavy atom. The summed E-state index contributed by atoms with van der Waals surface area (Å²) in [7, 11) is 0. The van der Waals surface area contributed by atoms with E-state index in [1.165, 1.54) is 10.9 Å². The predicted octanol–water partition coefficient (Wildman–Crippen LogP) is 4.02. The van der Waals surface area contributed by atoms with Gasteiger partial charge in [-0.25, -0.2) is 9.37 Å². The molecule has 0 amide bonds. The number of aromatic nitrogens is 1. The highest BCUT2D eigenvalue weighted by atomic mass is 32.1. The number of ketones is 1. The minimum atomic E-state index is -0.275. The van der Waals surface area contributed by atoms with Crippen LogP contribution in [0.25, 0.3) is 0 Å². The van der Waals surface area contributed by atoms with Crippen LogP contribution < -0.4 is 0 Å². The Labute approximate surface area is 116 Å². The van der Waals surface area contributed by atoms with Gasteiger partial charge in [0.2, 0.25) is 0 Å². The number of hydrogen-bond acceptors (Lipinski definition) is 3. The summed E-state index contributed by atoms with van der Waals surface area (Å²) >= 11 is 1.63. The van der Waals surface area contributed by atoms with Crippen molar-refractivity contribution >= 4 is 17.1 Å². The van der Waals surface area contributed by atoms with Gasteiger partial charge in [0.05, 0.1) is 10.7 Å². The lowest BCUT2D eigenvalue weighted by Gasteiger charge is -2.02.